The molecule has 0 saturated carbocycles. The normalized spacial score (nSPS) is 15.3. The summed E-state index contributed by atoms with van der Waals surface area (Å²) in [6.07, 6.45) is 5.98. The van der Waals surface area contributed by atoms with Gasteiger partial charge in [0.15, 0.2) is 0 Å². The number of amides is 1. The summed E-state index contributed by atoms with van der Waals surface area (Å²) < 4.78 is 31.2. The van der Waals surface area contributed by atoms with Crippen LogP contribution < -0.4 is 5.32 Å². The Morgan fingerprint density at radius 1 is 1.18 bits per heavy atom. The van der Waals surface area contributed by atoms with Crippen molar-refractivity contribution in [3.63, 3.8) is 0 Å². The Morgan fingerprint density at radius 3 is 2.79 bits per heavy atom. The van der Waals surface area contributed by atoms with Crippen molar-refractivity contribution in [1.82, 2.24) is 24.9 Å². The van der Waals surface area contributed by atoms with Gasteiger partial charge in [-0.15, -0.1) is 0 Å². The zero-order chi connectivity index (χ0) is 22.9. The minimum absolute atomic E-state index is 0.0853. The number of hydrogen-bond acceptors (Lipinski definition) is 3. The first-order valence-electron chi connectivity index (χ1n) is 10.9. The van der Waals surface area contributed by atoms with Gasteiger partial charge in [0.25, 0.3) is 5.91 Å². The highest BCUT2D eigenvalue weighted by atomic mass is 19.1. The van der Waals surface area contributed by atoms with Gasteiger partial charge in [-0.2, -0.15) is 10.2 Å². The first-order chi connectivity index (χ1) is 16.0. The number of carbonyl (C=O) groups is 1. The summed E-state index contributed by atoms with van der Waals surface area (Å²) in [5.74, 6) is -1.79. The molecule has 2 aromatic heterocycles. The molecule has 0 fully saturated rings. The summed E-state index contributed by atoms with van der Waals surface area (Å²) in [5.41, 5.74) is 3.79. The minimum Gasteiger partial charge on any atom is -0.345 e. The Morgan fingerprint density at radius 2 is 2.00 bits per heavy atom. The lowest BCUT2D eigenvalue weighted by molar-refractivity contribution is 0.0933. The van der Waals surface area contributed by atoms with E-state index in [9.17, 15) is 13.6 Å². The van der Waals surface area contributed by atoms with E-state index in [0.717, 1.165) is 48.2 Å². The second-order valence-corrected chi connectivity index (χ2v) is 8.30. The van der Waals surface area contributed by atoms with Gasteiger partial charge in [0, 0.05) is 36.1 Å². The lowest BCUT2D eigenvalue weighted by Gasteiger charge is -2.24. The van der Waals surface area contributed by atoms with Gasteiger partial charge in [0.1, 0.15) is 17.3 Å². The van der Waals surface area contributed by atoms with E-state index in [-0.39, 0.29) is 28.8 Å². The molecule has 0 bridgehead atoms. The maximum atomic E-state index is 14.4. The third-order valence-electron chi connectivity index (χ3n) is 6.00. The predicted octanol–water partition coefficient (Wildman–Crippen LogP) is 4.42. The highest BCUT2D eigenvalue weighted by Crippen LogP contribution is 2.31. The molecule has 0 spiro atoms. The molecule has 0 saturated heterocycles. The van der Waals surface area contributed by atoms with Crippen LogP contribution in [0.2, 0.25) is 0 Å². The highest BCUT2D eigenvalue weighted by molar-refractivity contribution is 6.00. The summed E-state index contributed by atoms with van der Waals surface area (Å²) in [4.78, 5) is 13.2. The molecule has 5 rings (SSSR count). The van der Waals surface area contributed by atoms with Crippen LogP contribution in [0.25, 0.3) is 11.3 Å². The third-order valence-corrected chi connectivity index (χ3v) is 6.00. The number of nitrogens with zero attached hydrogens (tertiary/aromatic N) is 4. The monoisotopic (exact) mass is 447 g/mol. The van der Waals surface area contributed by atoms with Crippen LogP contribution in [0.1, 0.15) is 46.1 Å². The second kappa shape index (κ2) is 8.61. The number of carbonyl (C=O) groups excluding carboxylic acids is 1. The molecular formula is C25H23F2N5O. The fraction of sp³-hybridized carbons (Fsp3) is 0.240. The molecule has 2 aromatic carbocycles. The number of fused-ring (bicyclic) bond motifs is 1. The molecule has 1 unspecified atom stereocenters. The number of aromatic nitrogens is 4. The summed E-state index contributed by atoms with van der Waals surface area (Å²) in [7, 11) is 1.66. The molecule has 1 aliphatic rings. The quantitative estimate of drug-likeness (QED) is 0.493. The van der Waals surface area contributed by atoms with E-state index in [0.29, 0.717) is 6.54 Å². The average Bonchev–Trinajstić information content (AvgIpc) is 3.39. The summed E-state index contributed by atoms with van der Waals surface area (Å²) in [5, 5.41) is 11.9. The van der Waals surface area contributed by atoms with Crippen LogP contribution in [0.3, 0.4) is 0 Å². The van der Waals surface area contributed by atoms with Crippen LogP contribution in [0.5, 0.6) is 0 Å². The molecule has 0 aliphatic heterocycles. The Bertz CT molecular complexity index is 1310. The van der Waals surface area contributed by atoms with Gasteiger partial charge in [-0.1, -0.05) is 30.3 Å². The molecule has 33 heavy (non-hydrogen) atoms. The molecule has 2 heterocycles. The van der Waals surface area contributed by atoms with Gasteiger partial charge in [-0.25, -0.2) is 8.78 Å². The van der Waals surface area contributed by atoms with E-state index < -0.39 is 11.6 Å². The van der Waals surface area contributed by atoms with E-state index >= 15 is 0 Å². The van der Waals surface area contributed by atoms with Gasteiger partial charge in [-0.3, -0.25) is 14.2 Å². The third kappa shape index (κ3) is 4.16. The molecule has 6 nitrogen and oxygen atoms in total. The summed E-state index contributed by atoms with van der Waals surface area (Å²) in [6.45, 7) is 0.674. The highest BCUT2D eigenvalue weighted by Gasteiger charge is 2.28. The van der Waals surface area contributed by atoms with Gasteiger partial charge < -0.3 is 5.32 Å². The number of aryl methyl sites for hydroxylation is 1. The topological polar surface area (TPSA) is 64.7 Å². The van der Waals surface area contributed by atoms with Gasteiger partial charge in [-0.05, 0) is 37.0 Å². The van der Waals surface area contributed by atoms with Crippen molar-refractivity contribution >= 4 is 5.91 Å². The van der Waals surface area contributed by atoms with Crippen molar-refractivity contribution in [3.05, 3.63) is 94.9 Å². The fourth-order valence-electron chi connectivity index (χ4n) is 4.43. The Hall–Kier alpha value is -3.81. The SMILES string of the molecule is Cn1cc(C(=O)NC2CCCc3c2cnn3Cc2ccccc2)c(-c2ccc(F)cc2F)n1. The fourth-order valence-corrected chi connectivity index (χ4v) is 4.43. The molecule has 1 atom stereocenters. The second-order valence-electron chi connectivity index (χ2n) is 8.30. The Kier molecular flexibility index (Phi) is 5.50. The van der Waals surface area contributed by atoms with Crippen molar-refractivity contribution < 1.29 is 13.6 Å². The van der Waals surface area contributed by atoms with Gasteiger partial charge in [0.2, 0.25) is 0 Å². The van der Waals surface area contributed by atoms with E-state index in [1.54, 1.807) is 13.2 Å². The minimum atomic E-state index is -0.759. The van der Waals surface area contributed by atoms with Crippen molar-refractivity contribution in [2.45, 2.75) is 31.8 Å². The molecular weight excluding hydrogens is 424 g/mol. The van der Waals surface area contributed by atoms with E-state index in [1.807, 2.05) is 29.1 Å². The van der Waals surface area contributed by atoms with Crippen LogP contribution >= 0.6 is 0 Å². The zero-order valence-corrected chi connectivity index (χ0v) is 18.1. The van der Waals surface area contributed by atoms with Crippen LogP contribution in [-0.2, 0) is 20.0 Å². The van der Waals surface area contributed by atoms with Crippen LogP contribution in [-0.4, -0.2) is 25.5 Å². The van der Waals surface area contributed by atoms with Gasteiger partial charge >= 0.3 is 0 Å². The van der Waals surface area contributed by atoms with Crippen LogP contribution in [0.15, 0.2) is 60.9 Å². The standard InChI is InChI=1S/C25H23F2N5O/c1-31-15-20(24(30-31)18-11-10-17(26)12-21(18)27)25(33)29-22-8-5-9-23-19(22)13-28-32(23)14-16-6-3-2-4-7-16/h2-4,6-7,10-13,15,22H,5,8-9,14H2,1H3,(H,29,33). The zero-order valence-electron chi connectivity index (χ0n) is 18.1. The summed E-state index contributed by atoms with van der Waals surface area (Å²) in [6, 6.07) is 13.2. The predicted molar refractivity (Wildman–Crippen MR) is 119 cm³/mol. The number of hydrogen-bond donors (Lipinski definition) is 1. The number of rotatable bonds is 5. The van der Waals surface area contributed by atoms with Crippen molar-refractivity contribution in [1.29, 1.82) is 0 Å². The lowest BCUT2D eigenvalue weighted by atomic mass is 9.92. The Balaban J connectivity index is 1.40. The molecule has 8 heteroatoms. The van der Waals surface area contributed by atoms with E-state index in [1.165, 1.54) is 10.7 Å². The largest absolute Gasteiger partial charge is 0.345 e. The molecule has 0 radical (unpaired) electrons. The average molecular weight is 447 g/mol. The molecule has 4 aromatic rings. The van der Waals surface area contributed by atoms with E-state index in [2.05, 4.69) is 27.6 Å². The maximum Gasteiger partial charge on any atom is 0.255 e. The summed E-state index contributed by atoms with van der Waals surface area (Å²) >= 11 is 0. The van der Waals surface area contributed by atoms with Crippen molar-refractivity contribution in [2.75, 3.05) is 0 Å². The first-order valence-corrected chi connectivity index (χ1v) is 10.9. The molecule has 1 aliphatic carbocycles. The molecule has 1 N–H and O–H groups in total. The van der Waals surface area contributed by atoms with Crippen LogP contribution in [0, 0.1) is 11.6 Å². The van der Waals surface area contributed by atoms with Crippen molar-refractivity contribution in [3.8, 4) is 11.3 Å². The number of nitrogens with one attached hydrogen (secondary N) is 1. The van der Waals surface area contributed by atoms with E-state index in [4.69, 9.17) is 0 Å². The smallest absolute Gasteiger partial charge is 0.255 e. The lowest BCUT2D eigenvalue weighted by Crippen LogP contribution is -2.31. The number of benzene rings is 2. The van der Waals surface area contributed by atoms with Crippen LogP contribution in [0.4, 0.5) is 8.78 Å². The Labute approximate surface area is 189 Å². The number of halogens is 2. The maximum absolute atomic E-state index is 14.4. The van der Waals surface area contributed by atoms with Crippen molar-refractivity contribution in [2.24, 2.45) is 7.05 Å². The molecule has 1 amide bonds. The molecule has 168 valence electrons. The first kappa shape index (κ1) is 21.1. The van der Waals surface area contributed by atoms with Gasteiger partial charge in [0.05, 0.1) is 24.3 Å².